The van der Waals surface area contributed by atoms with Gasteiger partial charge in [0.2, 0.25) is 0 Å². The van der Waals surface area contributed by atoms with E-state index in [1.54, 1.807) is 25.3 Å². The molecule has 3 rings (SSSR count). The van der Waals surface area contributed by atoms with Crippen LogP contribution in [0.15, 0.2) is 53.7 Å². The smallest absolute Gasteiger partial charge is 0.191 e. The van der Waals surface area contributed by atoms with Crippen molar-refractivity contribution >= 4 is 11.8 Å². The number of aromatic nitrogens is 3. The topological polar surface area (TPSA) is 49.2 Å². The average Bonchev–Trinajstić information content (AvgIpc) is 3.09. The van der Waals surface area contributed by atoms with E-state index in [2.05, 4.69) is 10.2 Å². The Morgan fingerprint density at radius 3 is 2.50 bits per heavy atom. The number of rotatable bonds is 8. The molecule has 0 bridgehead atoms. The maximum absolute atomic E-state index is 13.6. The monoisotopic (exact) mass is 373 g/mol. The number of methoxy groups -OCH3 is 1. The van der Waals surface area contributed by atoms with E-state index < -0.39 is 0 Å². The summed E-state index contributed by atoms with van der Waals surface area (Å²) in [6, 6.07) is 14.1. The molecule has 136 valence electrons. The molecular weight excluding hydrogens is 353 g/mol. The van der Waals surface area contributed by atoms with Crippen LogP contribution in [0.25, 0.3) is 11.4 Å². The second kappa shape index (κ2) is 8.71. The zero-order valence-corrected chi connectivity index (χ0v) is 15.5. The third-order valence-electron chi connectivity index (χ3n) is 3.79. The maximum Gasteiger partial charge on any atom is 0.191 e. The van der Waals surface area contributed by atoms with Crippen molar-refractivity contribution in [2.24, 2.45) is 0 Å². The van der Waals surface area contributed by atoms with Crippen LogP contribution in [0.4, 0.5) is 4.39 Å². The van der Waals surface area contributed by atoms with E-state index in [9.17, 15) is 4.39 Å². The number of ether oxygens (including phenoxy) is 2. The van der Waals surface area contributed by atoms with Crippen LogP contribution in [0.1, 0.15) is 6.92 Å². The van der Waals surface area contributed by atoms with Crippen LogP contribution in [0, 0.1) is 5.82 Å². The highest BCUT2D eigenvalue weighted by Crippen LogP contribution is 2.30. The average molecular weight is 373 g/mol. The molecule has 1 heterocycles. The molecule has 0 saturated heterocycles. The van der Waals surface area contributed by atoms with Gasteiger partial charge in [-0.05, 0) is 31.2 Å². The quantitative estimate of drug-likeness (QED) is 0.436. The lowest BCUT2D eigenvalue weighted by molar-refractivity contribution is 0.325. The van der Waals surface area contributed by atoms with Crippen LogP contribution in [-0.2, 0) is 6.54 Å². The largest absolute Gasteiger partial charge is 0.496 e. The number of hydrogen-bond donors (Lipinski definition) is 0. The molecule has 0 N–H and O–H groups in total. The van der Waals surface area contributed by atoms with Gasteiger partial charge < -0.3 is 14.0 Å². The van der Waals surface area contributed by atoms with Gasteiger partial charge in [0.05, 0.1) is 19.3 Å². The van der Waals surface area contributed by atoms with Crippen LogP contribution >= 0.6 is 11.8 Å². The number of nitrogens with zero attached hydrogens (tertiary/aromatic N) is 3. The lowest BCUT2D eigenvalue weighted by atomic mass is 10.2. The fourth-order valence-electron chi connectivity index (χ4n) is 2.56. The highest BCUT2D eigenvalue weighted by atomic mass is 32.2. The van der Waals surface area contributed by atoms with Gasteiger partial charge in [-0.1, -0.05) is 36.0 Å². The van der Waals surface area contributed by atoms with E-state index in [4.69, 9.17) is 9.47 Å². The predicted molar refractivity (Wildman–Crippen MR) is 100 cm³/mol. The normalized spacial score (nSPS) is 10.7. The van der Waals surface area contributed by atoms with Crippen molar-refractivity contribution in [1.29, 1.82) is 0 Å². The molecule has 3 aromatic rings. The standard InChI is InChI=1S/C19H20FN3O2S/c1-3-23-18(14-8-4-6-10-16(14)24-2)21-22-19(23)26-13-12-25-17-11-7-5-9-15(17)20/h4-11H,3,12-13H2,1-2H3. The Balaban J connectivity index is 1.68. The van der Waals surface area contributed by atoms with Gasteiger partial charge in [0.15, 0.2) is 22.5 Å². The minimum atomic E-state index is -0.354. The third kappa shape index (κ3) is 3.99. The first-order valence-electron chi connectivity index (χ1n) is 8.31. The van der Waals surface area contributed by atoms with Gasteiger partial charge in [0.1, 0.15) is 5.75 Å². The van der Waals surface area contributed by atoms with Crippen molar-refractivity contribution in [2.75, 3.05) is 19.5 Å². The third-order valence-corrected chi connectivity index (χ3v) is 4.72. The van der Waals surface area contributed by atoms with Crippen molar-refractivity contribution in [2.45, 2.75) is 18.6 Å². The Kier molecular flexibility index (Phi) is 6.12. The SMILES string of the molecule is CCn1c(SCCOc2ccccc2F)nnc1-c1ccccc1OC. The molecule has 0 radical (unpaired) electrons. The lowest BCUT2D eigenvalue weighted by Crippen LogP contribution is -2.04. The maximum atomic E-state index is 13.6. The molecule has 0 saturated carbocycles. The van der Waals surface area contributed by atoms with Crippen molar-refractivity contribution in [3.63, 3.8) is 0 Å². The highest BCUT2D eigenvalue weighted by Gasteiger charge is 2.16. The zero-order chi connectivity index (χ0) is 18.4. The molecular formula is C19H20FN3O2S. The van der Waals surface area contributed by atoms with Crippen molar-refractivity contribution in [3.05, 3.63) is 54.3 Å². The molecule has 0 unspecified atom stereocenters. The first kappa shape index (κ1) is 18.3. The van der Waals surface area contributed by atoms with E-state index >= 15 is 0 Å². The Morgan fingerprint density at radius 1 is 1.04 bits per heavy atom. The number of thioether (sulfide) groups is 1. The fourth-order valence-corrected chi connectivity index (χ4v) is 3.37. The summed E-state index contributed by atoms with van der Waals surface area (Å²) in [6.07, 6.45) is 0. The van der Waals surface area contributed by atoms with Crippen LogP contribution in [0.3, 0.4) is 0 Å². The minimum absolute atomic E-state index is 0.264. The molecule has 0 aliphatic carbocycles. The molecule has 26 heavy (non-hydrogen) atoms. The summed E-state index contributed by atoms with van der Waals surface area (Å²) in [5.74, 6) is 2.07. The number of halogens is 1. The molecule has 5 nitrogen and oxygen atoms in total. The summed E-state index contributed by atoms with van der Waals surface area (Å²) in [6.45, 7) is 3.16. The van der Waals surface area contributed by atoms with Gasteiger partial charge in [-0.3, -0.25) is 0 Å². The summed E-state index contributed by atoms with van der Waals surface area (Å²) in [5.41, 5.74) is 0.902. The highest BCUT2D eigenvalue weighted by molar-refractivity contribution is 7.99. The minimum Gasteiger partial charge on any atom is -0.496 e. The Labute approximate surface area is 156 Å². The van der Waals surface area contributed by atoms with Gasteiger partial charge in [0.25, 0.3) is 0 Å². The van der Waals surface area contributed by atoms with Crippen molar-refractivity contribution in [1.82, 2.24) is 14.8 Å². The Hall–Kier alpha value is -2.54. The Bertz CT molecular complexity index is 869. The fraction of sp³-hybridized carbons (Fsp3) is 0.263. The van der Waals surface area contributed by atoms with Gasteiger partial charge in [-0.15, -0.1) is 10.2 Å². The van der Waals surface area contributed by atoms with Gasteiger partial charge in [-0.25, -0.2) is 4.39 Å². The summed E-state index contributed by atoms with van der Waals surface area (Å²) in [4.78, 5) is 0. The second-order valence-corrected chi connectivity index (χ2v) is 6.44. The van der Waals surface area contributed by atoms with Crippen molar-refractivity contribution < 1.29 is 13.9 Å². The summed E-state index contributed by atoms with van der Waals surface area (Å²) >= 11 is 1.53. The van der Waals surface area contributed by atoms with E-state index in [0.717, 1.165) is 28.8 Å². The van der Waals surface area contributed by atoms with Crippen LogP contribution in [0.2, 0.25) is 0 Å². The van der Waals surface area contributed by atoms with Gasteiger partial charge in [-0.2, -0.15) is 0 Å². The van der Waals surface area contributed by atoms with Crippen LogP contribution in [0.5, 0.6) is 11.5 Å². The lowest BCUT2D eigenvalue weighted by Gasteiger charge is -2.10. The van der Waals surface area contributed by atoms with Crippen molar-refractivity contribution in [3.8, 4) is 22.9 Å². The summed E-state index contributed by atoms with van der Waals surface area (Å²) < 4.78 is 26.5. The molecule has 0 atom stereocenters. The van der Waals surface area contributed by atoms with E-state index in [-0.39, 0.29) is 11.6 Å². The predicted octanol–water partition coefficient (Wildman–Crippen LogP) is 4.28. The van der Waals surface area contributed by atoms with Gasteiger partial charge in [0, 0.05) is 12.3 Å². The molecule has 0 amide bonds. The summed E-state index contributed by atoms with van der Waals surface area (Å²) in [5, 5.41) is 9.42. The Morgan fingerprint density at radius 2 is 1.77 bits per heavy atom. The molecule has 2 aromatic carbocycles. The molecule has 0 aliphatic heterocycles. The van der Waals surface area contributed by atoms with Crippen LogP contribution in [-0.4, -0.2) is 34.2 Å². The molecule has 7 heteroatoms. The number of hydrogen-bond acceptors (Lipinski definition) is 5. The number of para-hydroxylation sites is 2. The number of benzene rings is 2. The van der Waals surface area contributed by atoms with E-state index in [1.807, 2.05) is 35.8 Å². The first-order chi connectivity index (χ1) is 12.7. The molecule has 0 spiro atoms. The molecule has 0 aliphatic rings. The molecule has 0 fully saturated rings. The summed E-state index contributed by atoms with van der Waals surface area (Å²) in [7, 11) is 1.64. The zero-order valence-electron chi connectivity index (χ0n) is 14.7. The van der Waals surface area contributed by atoms with E-state index in [0.29, 0.717) is 12.4 Å². The molecule has 1 aromatic heterocycles. The first-order valence-corrected chi connectivity index (χ1v) is 9.30. The second-order valence-electron chi connectivity index (χ2n) is 5.38. The van der Waals surface area contributed by atoms with Gasteiger partial charge >= 0.3 is 0 Å². The van der Waals surface area contributed by atoms with Crippen LogP contribution < -0.4 is 9.47 Å². The van der Waals surface area contributed by atoms with E-state index in [1.165, 1.54) is 17.8 Å².